The molecule has 0 spiro atoms. The maximum absolute atomic E-state index is 12.8. The second-order valence-corrected chi connectivity index (χ2v) is 6.55. The molecular weight excluding hydrogens is 314 g/mol. The van der Waals surface area contributed by atoms with Crippen LogP contribution in [0.2, 0.25) is 0 Å². The summed E-state index contributed by atoms with van der Waals surface area (Å²) >= 11 is 0. The van der Waals surface area contributed by atoms with E-state index in [9.17, 15) is 9.59 Å². The third-order valence-electron chi connectivity index (χ3n) is 4.91. The molecule has 0 aromatic heterocycles. The number of anilines is 2. The lowest BCUT2D eigenvalue weighted by molar-refractivity contribution is -0.117. The van der Waals surface area contributed by atoms with Gasteiger partial charge in [-0.3, -0.25) is 9.59 Å². The van der Waals surface area contributed by atoms with Crippen molar-refractivity contribution in [2.75, 3.05) is 23.3 Å². The Morgan fingerprint density at radius 1 is 1.08 bits per heavy atom. The van der Waals surface area contributed by atoms with E-state index in [2.05, 4.69) is 16.7 Å². The summed E-state index contributed by atoms with van der Waals surface area (Å²) in [6.45, 7) is 1.60. The van der Waals surface area contributed by atoms with Crippen LogP contribution in [0.5, 0.6) is 0 Å². The van der Waals surface area contributed by atoms with Crippen LogP contribution in [-0.2, 0) is 11.2 Å². The van der Waals surface area contributed by atoms with Crippen molar-refractivity contribution >= 4 is 23.2 Å². The van der Waals surface area contributed by atoms with Gasteiger partial charge in [-0.25, -0.2) is 0 Å². The molecule has 2 amide bonds. The lowest BCUT2D eigenvalue weighted by atomic mass is 10.1. The van der Waals surface area contributed by atoms with Gasteiger partial charge in [-0.1, -0.05) is 18.2 Å². The Balaban J connectivity index is 1.45. The van der Waals surface area contributed by atoms with Crippen LogP contribution in [-0.4, -0.2) is 30.9 Å². The van der Waals surface area contributed by atoms with E-state index in [0.29, 0.717) is 12.1 Å². The van der Waals surface area contributed by atoms with Crippen molar-refractivity contribution in [2.45, 2.75) is 25.3 Å². The molecule has 2 N–H and O–H groups in total. The second kappa shape index (κ2) is 6.69. The highest BCUT2D eigenvalue weighted by Crippen LogP contribution is 2.29. The molecule has 1 atom stereocenters. The predicted molar refractivity (Wildman–Crippen MR) is 97.9 cm³/mol. The summed E-state index contributed by atoms with van der Waals surface area (Å²) in [5.74, 6) is -0.00895. The number of nitrogens with zero attached hydrogens (tertiary/aromatic N) is 1. The molecule has 0 bridgehead atoms. The Kier molecular flexibility index (Phi) is 4.24. The van der Waals surface area contributed by atoms with E-state index in [1.165, 1.54) is 5.56 Å². The van der Waals surface area contributed by atoms with Crippen LogP contribution in [0.1, 0.15) is 28.8 Å². The molecule has 2 aliphatic rings. The van der Waals surface area contributed by atoms with E-state index in [0.717, 1.165) is 37.2 Å². The molecular formula is C20H21N3O2. The molecule has 25 heavy (non-hydrogen) atoms. The molecule has 2 aromatic carbocycles. The van der Waals surface area contributed by atoms with Crippen LogP contribution in [0.15, 0.2) is 48.5 Å². The lowest BCUT2D eigenvalue weighted by Gasteiger charge is -2.17. The molecule has 2 aliphatic heterocycles. The Morgan fingerprint density at radius 2 is 1.88 bits per heavy atom. The first-order valence-corrected chi connectivity index (χ1v) is 8.76. The van der Waals surface area contributed by atoms with Crippen LogP contribution >= 0.6 is 0 Å². The summed E-state index contributed by atoms with van der Waals surface area (Å²) < 4.78 is 0. The Morgan fingerprint density at radius 3 is 2.64 bits per heavy atom. The zero-order chi connectivity index (χ0) is 17.2. The van der Waals surface area contributed by atoms with E-state index in [-0.39, 0.29) is 17.9 Å². The van der Waals surface area contributed by atoms with E-state index < -0.39 is 0 Å². The number of carbonyl (C=O) groups is 2. The van der Waals surface area contributed by atoms with Crippen molar-refractivity contribution in [3.63, 3.8) is 0 Å². The van der Waals surface area contributed by atoms with Crippen molar-refractivity contribution in [2.24, 2.45) is 0 Å². The smallest absolute Gasteiger partial charge is 0.258 e. The van der Waals surface area contributed by atoms with Gasteiger partial charge in [0.1, 0.15) is 0 Å². The summed E-state index contributed by atoms with van der Waals surface area (Å²) in [5.41, 5.74) is 3.56. The van der Waals surface area contributed by atoms with Crippen LogP contribution in [0.4, 0.5) is 11.4 Å². The zero-order valence-corrected chi connectivity index (χ0v) is 14.0. The molecule has 5 nitrogen and oxygen atoms in total. The highest BCUT2D eigenvalue weighted by atomic mass is 16.2. The fraction of sp³-hybridized carbons (Fsp3) is 0.300. The van der Waals surface area contributed by atoms with Gasteiger partial charge < -0.3 is 15.5 Å². The lowest BCUT2D eigenvalue weighted by Crippen LogP contribution is -2.35. The maximum atomic E-state index is 12.8. The summed E-state index contributed by atoms with van der Waals surface area (Å²) in [6, 6.07) is 15.1. The van der Waals surface area contributed by atoms with Crippen LogP contribution in [0.3, 0.4) is 0 Å². The number of hydrogen-bond acceptors (Lipinski definition) is 3. The molecule has 1 saturated heterocycles. The first-order chi connectivity index (χ1) is 12.2. The van der Waals surface area contributed by atoms with Crippen molar-refractivity contribution in [3.8, 4) is 0 Å². The number of rotatable bonds is 3. The molecule has 0 radical (unpaired) electrons. The molecule has 5 heteroatoms. The van der Waals surface area contributed by atoms with Gasteiger partial charge >= 0.3 is 0 Å². The largest absolute Gasteiger partial charge is 0.325 e. The fourth-order valence-electron chi connectivity index (χ4n) is 3.54. The van der Waals surface area contributed by atoms with E-state index in [4.69, 9.17) is 0 Å². The summed E-state index contributed by atoms with van der Waals surface area (Å²) in [7, 11) is 0. The predicted octanol–water partition coefficient (Wildman–Crippen LogP) is 2.58. The van der Waals surface area contributed by atoms with Gasteiger partial charge in [-0.05, 0) is 61.7 Å². The van der Waals surface area contributed by atoms with Gasteiger partial charge in [0.2, 0.25) is 5.91 Å². The quantitative estimate of drug-likeness (QED) is 0.906. The number of amides is 2. The standard InChI is InChI=1S/C20H21N3O2/c24-19(17-5-3-12-21-17)22-16-9-7-15(8-10-16)20(25)23-13-11-14-4-1-2-6-18(14)23/h1-2,4,6-10,17,21H,3,5,11-13H2,(H,22,24). The maximum Gasteiger partial charge on any atom is 0.258 e. The normalized spacial score (nSPS) is 18.9. The molecule has 2 heterocycles. The minimum atomic E-state index is -0.109. The monoisotopic (exact) mass is 335 g/mol. The first kappa shape index (κ1) is 15.8. The van der Waals surface area contributed by atoms with Gasteiger partial charge in [0.25, 0.3) is 5.91 Å². The summed E-state index contributed by atoms with van der Waals surface area (Å²) in [6.07, 6.45) is 2.80. The second-order valence-electron chi connectivity index (χ2n) is 6.55. The van der Waals surface area contributed by atoms with Crippen LogP contribution in [0, 0.1) is 0 Å². The Hall–Kier alpha value is -2.66. The average Bonchev–Trinajstić information content (AvgIpc) is 3.32. The first-order valence-electron chi connectivity index (χ1n) is 8.76. The van der Waals surface area contributed by atoms with Crippen molar-refractivity contribution in [1.29, 1.82) is 0 Å². The molecule has 128 valence electrons. The van der Waals surface area contributed by atoms with Gasteiger partial charge in [-0.2, -0.15) is 0 Å². The van der Waals surface area contributed by atoms with Crippen molar-refractivity contribution in [1.82, 2.24) is 5.32 Å². The third kappa shape index (κ3) is 3.15. The molecule has 0 saturated carbocycles. The molecule has 2 aromatic rings. The fourth-order valence-corrected chi connectivity index (χ4v) is 3.54. The average molecular weight is 335 g/mol. The number of nitrogens with one attached hydrogen (secondary N) is 2. The van der Waals surface area contributed by atoms with E-state index in [1.807, 2.05) is 23.1 Å². The topological polar surface area (TPSA) is 61.4 Å². The highest BCUT2D eigenvalue weighted by Gasteiger charge is 2.25. The van der Waals surface area contributed by atoms with E-state index in [1.54, 1.807) is 24.3 Å². The van der Waals surface area contributed by atoms with Crippen molar-refractivity contribution < 1.29 is 9.59 Å². The minimum absolute atomic E-state index is 0.000265. The van der Waals surface area contributed by atoms with Gasteiger partial charge in [-0.15, -0.1) is 0 Å². The van der Waals surface area contributed by atoms with Gasteiger partial charge in [0.15, 0.2) is 0 Å². The number of para-hydroxylation sites is 1. The number of hydrogen-bond donors (Lipinski definition) is 2. The van der Waals surface area contributed by atoms with Crippen LogP contribution in [0.25, 0.3) is 0 Å². The number of carbonyl (C=O) groups excluding carboxylic acids is 2. The van der Waals surface area contributed by atoms with E-state index >= 15 is 0 Å². The number of fused-ring (bicyclic) bond motifs is 1. The minimum Gasteiger partial charge on any atom is -0.325 e. The summed E-state index contributed by atoms with van der Waals surface area (Å²) in [4.78, 5) is 26.7. The Labute approximate surface area is 147 Å². The molecule has 4 rings (SSSR count). The zero-order valence-electron chi connectivity index (χ0n) is 14.0. The third-order valence-corrected chi connectivity index (χ3v) is 4.91. The SMILES string of the molecule is O=C(Nc1ccc(C(=O)N2CCc3ccccc32)cc1)C1CCCN1. The number of benzene rings is 2. The molecule has 0 aliphatic carbocycles. The highest BCUT2D eigenvalue weighted by molar-refractivity contribution is 6.07. The Bertz CT molecular complexity index is 795. The van der Waals surface area contributed by atoms with Gasteiger partial charge in [0, 0.05) is 23.5 Å². The molecule has 1 fully saturated rings. The van der Waals surface area contributed by atoms with Crippen molar-refractivity contribution in [3.05, 3.63) is 59.7 Å². The molecule has 1 unspecified atom stereocenters. The van der Waals surface area contributed by atoms with Crippen LogP contribution < -0.4 is 15.5 Å². The van der Waals surface area contributed by atoms with Gasteiger partial charge in [0.05, 0.1) is 6.04 Å². The summed E-state index contributed by atoms with van der Waals surface area (Å²) in [5, 5.41) is 6.09.